The Morgan fingerprint density at radius 1 is 1.20 bits per heavy atom. The summed E-state index contributed by atoms with van der Waals surface area (Å²) in [5.74, 6) is -0.880. The Balaban J connectivity index is 0.00000196. The number of hydrogen-bond donors (Lipinski definition) is 2. The molecule has 2 N–H and O–H groups in total. The molecular weight excluding hydrogens is 309 g/mol. The molecule has 0 radical (unpaired) electrons. The van der Waals surface area contributed by atoms with Crippen LogP contribution in [0.3, 0.4) is 0 Å². The van der Waals surface area contributed by atoms with Gasteiger partial charge < -0.3 is 19.8 Å². The molecule has 0 heterocycles. The number of phenols is 2. The number of quaternary nitrogens is 1. The van der Waals surface area contributed by atoms with E-state index >= 15 is 0 Å². The largest absolute Gasteiger partial charge is 0.870 e. The zero-order valence-electron chi connectivity index (χ0n) is 9.02. The second kappa shape index (κ2) is 4.89. The van der Waals surface area contributed by atoms with E-state index in [1.54, 1.807) is 0 Å². The van der Waals surface area contributed by atoms with Crippen molar-refractivity contribution in [2.75, 3.05) is 21.1 Å². The summed E-state index contributed by atoms with van der Waals surface area (Å²) in [5, 5.41) is 29.8. The van der Waals surface area contributed by atoms with Crippen molar-refractivity contribution in [1.29, 1.82) is 0 Å². The summed E-state index contributed by atoms with van der Waals surface area (Å²) in [6, 6.07) is 2.45. The van der Waals surface area contributed by atoms with Crippen LogP contribution in [0.25, 0.3) is 0 Å². The van der Waals surface area contributed by atoms with Gasteiger partial charge >= 0.3 is 0 Å². The number of phenolic OH excluding ortho intramolecular Hbond substituents is 2. The molecule has 1 aromatic rings. The monoisotopic (exact) mass is 325 g/mol. The van der Waals surface area contributed by atoms with E-state index in [1.807, 2.05) is 21.1 Å². The van der Waals surface area contributed by atoms with Crippen LogP contribution in [0.5, 0.6) is 17.2 Å². The van der Waals surface area contributed by atoms with E-state index in [0.29, 0.717) is 16.6 Å². The molecule has 4 nitrogen and oxygen atoms in total. The molecule has 0 aliphatic rings. The van der Waals surface area contributed by atoms with Crippen LogP contribution in [0.2, 0.25) is 0 Å². The standard InChI is InChI=1S/C10H15NO3.HI/c1-11(2,3)6-7-4-8(12)5-9(13)10(7)14;/h4-5H,6H2,1-3H3,(H2-,12,13,14);1H. The summed E-state index contributed by atoms with van der Waals surface area (Å²) in [6.07, 6.45) is 0. The van der Waals surface area contributed by atoms with Crippen LogP contribution in [-0.4, -0.2) is 35.8 Å². The summed E-state index contributed by atoms with van der Waals surface area (Å²) in [5.41, 5.74) is 0.426. The van der Waals surface area contributed by atoms with Gasteiger partial charge in [0.05, 0.1) is 21.1 Å². The van der Waals surface area contributed by atoms with Gasteiger partial charge in [0.1, 0.15) is 18.0 Å². The normalized spacial score (nSPS) is 10.9. The molecule has 5 heteroatoms. The van der Waals surface area contributed by atoms with Crippen LogP contribution < -0.4 is 5.11 Å². The average Bonchev–Trinajstić information content (AvgIpc) is 1.96. The number of rotatable bonds is 2. The van der Waals surface area contributed by atoms with E-state index in [4.69, 9.17) is 0 Å². The van der Waals surface area contributed by atoms with Gasteiger partial charge in [0.15, 0.2) is 0 Å². The van der Waals surface area contributed by atoms with Crippen LogP contribution in [0.15, 0.2) is 12.1 Å². The lowest BCUT2D eigenvalue weighted by Crippen LogP contribution is -2.33. The summed E-state index contributed by atoms with van der Waals surface area (Å²) >= 11 is 0. The molecule has 0 aliphatic carbocycles. The van der Waals surface area contributed by atoms with Crippen LogP contribution in [0.4, 0.5) is 0 Å². The highest BCUT2D eigenvalue weighted by atomic mass is 127. The zero-order valence-corrected chi connectivity index (χ0v) is 11.4. The van der Waals surface area contributed by atoms with Crippen molar-refractivity contribution in [3.63, 3.8) is 0 Å². The molecule has 1 rings (SSSR count). The van der Waals surface area contributed by atoms with Crippen molar-refractivity contribution >= 4 is 24.0 Å². The predicted molar refractivity (Wildman–Crippen MR) is 66.4 cm³/mol. The third-order valence-electron chi connectivity index (χ3n) is 1.78. The predicted octanol–water partition coefficient (Wildman–Crippen LogP) is 0.996. The second-order valence-corrected chi connectivity index (χ2v) is 4.40. The smallest absolute Gasteiger partial charge is 0.119 e. The molecule has 86 valence electrons. The van der Waals surface area contributed by atoms with Gasteiger partial charge in [-0.05, 0) is 6.07 Å². The first-order valence-electron chi connectivity index (χ1n) is 4.32. The lowest BCUT2D eigenvalue weighted by atomic mass is 10.1. The quantitative estimate of drug-likeness (QED) is 0.630. The first-order chi connectivity index (χ1) is 6.29. The number of halogens is 1. The number of nitrogens with zero attached hydrogens (tertiary/aromatic N) is 1. The molecule has 0 fully saturated rings. The van der Waals surface area contributed by atoms with Gasteiger partial charge in [-0.25, -0.2) is 0 Å². The minimum Gasteiger partial charge on any atom is -0.870 e. The molecule has 15 heavy (non-hydrogen) atoms. The minimum absolute atomic E-state index is 0. The third-order valence-corrected chi connectivity index (χ3v) is 1.78. The van der Waals surface area contributed by atoms with Gasteiger partial charge in [-0.3, -0.25) is 0 Å². The zero-order chi connectivity index (χ0) is 10.9. The van der Waals surface area contributed by atoms with Crippen molar-refractivity contribution in [3.05, 3.63) is 17.7 Å². The fraction of sp³-hybridized carbons (Fsp3) is 0.400. The summed E-state index contributed by atoms with van der Waals surface area (Å²) in [4.78, 5) is 0. The van der Waals surface area contributed by atoms with Crippen LogP contribution >= 0.6 is 24.0 Å². The number of benzene rings is 1. The molecule has 0 amide bonds. The van der Waals surface area contributed by atoms with Crippen LogP contribution in [0.1, 0.15) is 5.56 Å². The van der Waals surface area contributed by atoms with E-state index in [2.05, 4.69) is 0 Å². The Labute approximate surface area is 106 Å². The van der Waals surface area contributed by atoms with Crippen molar-refractivity contribution in [1.82, 2.24) is 0 Å². The van der Waals surface area contributed by atoms with Gasteiger partial charge in [-0.15, -0.1) is 24.0 Å². The lowest BCUT2D eigenvalue weighted by Gasteiger charge is -2.26. The molecular formula is C10H16INO3. The first kappa shape index (κ1) is 14.3. The topological polar surface area (TPSA) is 63.5 Å². The van der Waals surface area contributed by atoms with Crippen LogP contribution in [0, 0.1) is 0 Å². The highest BCUT2D eigenvalue weighted by Gasteiger charge is 2.11. The van der Waals surface area contributed by atoms with E-state index in [1.165, 1.54) is 6.07 Å². The van der Waals surface area contributed by atoms with E-state index < -0.39 is 11.5 Å². The molecule has 0 aliphatic heterocycles. The van der Waals surface area contributed by atoms with E-state index in [0.717, 1.165) is 6.07 Å². The lowest BCUT2D eigenvalue weighted by molar-refractivity contribution is -0.884. The Morgan fingerprint density at radius 3 is 2.20 bits per heavy atom. The molecule has 0 saturated carbocycles. The Kier molecular flexibility index (Phi) is 4.66. The SMILES string of the molecule is C[N+](C)(C)Cc1cc(O)cc(O)c1[O-].I. The molecule has 1 aromatic carbocycles. The second-order valence-electron chi connectivity index (χ2n) is 4.40. The fourth-order valence-corrected chi connectivity index (χ4v) is 1.28. The maximum Gasteiger partial charge on any atom is 0.119 e. The Hall–Kier alpha value is -0.690. The average molecular weight is 325 g/mol. The van der Waals surface area contributed by atoms with Gasteiger partial charge in [0, 0.05) is 11.6 Å². The Morgan fingerprint density at radius 2 is 1.73 bits per heavy atom. The minimum atomic E-state index is -0.407. The highest BCUT2D eigenvalue weighted by Crippen LogP contribution is 2.31. The van der Waals surface area contributed by atoms with Crippen molar-refractivity contribution in [2.24, 2.45) is 0 Å². The summed E-state index contributed by atoms with van der Waals surface area (Å²) in [7, 11) is 5.79. The van der Waals surface area contributed by atoms with Crippen LogP contribution in [-0.2, 0) is 6.54 Å². The molecule has 0 saturated heterocycles. The van der Waals surface area contributed by atoms with E-state index in [-0.39, 0.29) is 29.7 Å². The Bertz CT molecular complexity index is 347. The highest BCUT2D eigenvalue weighted by molar-refractivity contribution is 14.0. The summed E-state index contributed by atoms with van der Waals surface area (Å²) in [6.45, 7) is 0.473. The number of hydrogen-bond acceptors (Lipinski definition) is 3. The fourth-order valence-electron chi connectivity index (χ4n) is 1.28. The van der Waals surface area contributed by atoms with Crippen molar-refractivity contribution < 1.29 is 19.8 Å². The molecule has 0 aromatic heterocycles. The first-order valence-corrected chi connectivity index (χ1v) is 4.32. The molecule has 0 unspecified atom stereocenters. The van der Waals surface area contributed by atoms with Gasteiger partial charge in [-0.1, -0.05) is 5.75 Å². The summed E-state index contributed by atoms with van der Waals surface area (Å²) < 4.78 is 0.568. The van der Waals surface area contributed by atoms with Crippen molar-refractivity contribution in [3.8, 4) is 17.2 Å². The maximum atomic E-state index is 11.4. The molecule has 0 spiro atoms. The maximum absolute atomic E-state index is 11.4. The number of aromatic hydroxyl groups is 2. The van der Waals surface area contributed by atoms with E-state index in [9.17, 15) is 15.3 Å². The van der Waals surface area contributed by atoms with Gasteiger partial charge in [0.2, 0.25) is 0 Å². The van der Waals surface area contributed by atoms with Crippen molar-refractivity contribution in [2.45, 2.75) is 6.54 Å². The third kappa shape index (κ3) is 4.13. The molecule has 0 bridgehead atoms. The van der Waals surface area contributed by atoms with Gasteiger partial charge in [0.25, 0.3) is 0 Å². The molecule has 0 atom stereocenters. The van der Waals surface area contributed by atoms with Gasteiger partial charge in [-0.2, -0.15) is 0 Å².